The Labute approximate surface area is 294 Å². The van der Waals surface area contributed by atoms with Crippen molar-refractivity contribution in [3.05, 3.63) is 182 Å². The van der Waals surface area contributed by atoms with E-state index in [1.54, 1.807) is 0 Å². The standard InChI is InChI=1S/C48H30O/c1-2-11-31(12-3-1)37-27-28-44-43(30-37)48-42(19-10-20-45(48)49-44)47-40-17-8-6-15-38(40)46(39-16-7-9-18-41(39)47)34-24-21-33(22-25-34)36-26-23-32-13-4-5-14-35(32)29-36/h1-30H/i4D,5D,13D,14D,23D,26D,29D. The Morgan fingerprint density at radius 3 is 1.73 bits per heavy atom. The first-order chi connectivity index (χ1) is 27.2. The monoisotopic (exact) mass is 629 g/mol. The molecule has 10 aromatic rings. The third-order valence-electron chi connectivity index (χ3n) is 9.52. The molecule has 0 amide bonds. The van der Waals surface area contributed by atoms with Crippen molar-refractivity contribution < 1.29 is 14.0 Å². The van der Waals surface area contributed by atoms with E-state index in [1.807, 2.05) is 60.7 Å². The number of benzene rings is 9. The molecule has 1 nitrogen and oxygen atoms in total. The minimum absolute atomic E-state index is 0.0552. The Balaban J connectivity index is 1.19. The van der Waals surface area contributed by atoms with Gasteiger partial charge in [-0.25, -0.2) is 0 Å². The lowest BCUT2D eigenvalue weighted by molar-refractivity contribution is 0.669. The van der Waals surface area contributed by atoms with Gasteiger partial charge in [-0.3, -0.25) is 0 Å². The second kappa shape index (κ2) is 11.1. The molecule has 49 heavy (non-hydrogen) atoms. The molecule has 1 aromatic heterocycles. The van der Waals surface area contributed by atoms with E-state index in [2.05, 4.69) is 78.9 Å². The van der Waals surface area contributed by atoms with Crippen LogP contribution in [0.3, 0.4) is 0 Å². The molecule has 1 heterocycles. The van der Waals surface area contributed by atoms with Crippen LogP contribution in [0.2, 0.25) is 0 Å². The summed E-state index contributed by atoms with van der Waals surface area (Å²) in [6.45, 7) is 0. The largest absolute Gasteiger partial charge is 0.456 e. The maximum absolute atomic E-state index is 9.05. The van der Waals surface area contributed by atoms with Crippen molar-refractivity contribution in [3.8, 4) is 44.5 Å². The van der Waals surface area contributed by atoms with Crippen molar-refractivity contribution in [1.82, 2.24) is 0 Å². The van der Waals surface area contributed by atoms with Crippen molar-refractivity contribution in [2.24, 2.45) is 0 Å². The summed E-state index contributed by atoms with van der Waals surface area (Å²) in [7, 11) is 0. The highest BCUT2D eigenvalue weighted by atomic mass is 16.3. The second-order valence-corrected chi connectivity index (χ2v) is 12.3. The van der Waals surface area contributed by atoms with Crippen LogP contribution in [0, 0.1) is 0 Å². The summed E-state index contributed by atoms with van der Waals surface area (Å²) in [5, 5.41) is 6.21. The summed E-state index contributed by atoms with van der Waals surface area (Å²) < 4.78 is 66.3. The Morgan fingerprint density at radius 1 is 0.388 bits per heavy atom. The molecule has 1 heteroatoms. The van der Waals surface area contributed by atoms with E-state index in [-0.39, 0.29) is 40.5 Å². The molecular weight excluding hydrogens is 593 g/mol. The van der Waals surface area contributed by atoms with E-state index in [0.29, 0.717) is 5.56 Å². The Morgan fingerprint density at radius 2 is 1.00 bits per heavy atom. The molecule has 0 N–H and O–H groups in total. The first kappa shape index (κ1) is 21.4. The van der Waals surface area contributed by atoms with Gasteiger partial charge in [0, 0.05) is 10.8 Å². The molecule has 0 aliphatic rings. The van der Waals surface area contributed by atoms with Crippen molar-refractivity contribution in [1.29, 1.82) is 0 Å². The van der Waals surface area contributed by atoms with Crippen LogP contribution in [0.4, 0.5) is 0 Å². The van der Waals surface area contributed by atoms with E-state index in [0.717, 1.165) is 76.9 Å². The number of hydrogen-bond acceptors (Lipinski definition) is 1. The summed E-state index contributed by atoms with van der Waals surface area (Å²) in [6.07, 6.45) is 0. The number of hydrogen-bond donors (Lipinski definition) is 0. The summed E-state index contributed by atoms with van der Waals surface area (Å²) in [5.41, 5.74) is 8.72. The van der Waals surface area contributed by atoms with Crippen LogP contribution in [0.15, 0.2) is 186 Å². The van der Waals surface area contributed by atoms with Gasteiger partial charge in [-0.05, 0) is 101 Å². The average Bonchev–Trinajstić information content (AvgIpc) is 3.61. The third kappa shape index (κ3) is 4.47. The molecule has 0 unspecified atom stereocenters. The van der Waals surface area contributed by atoms with Gasteiger partial charge in [-0.1, -0.05) is 158 Å². The number of rotatable bonds is 4. The van der Waals surface area contributed by atoms with Crippen molar-refractivity contribution in [3.63, 3.8) is 0 Å². The predicted octanol–water partition coefficient (Wildman–Crippen LogP) is 13.7. The minimum Gasteiger partial charge on any atom is -0.456 e. The van der Waals surface area contributed by atoms with Crippen LogP contribution in [0.5, 0.6) is 0 Å². The van der Waals surface area contributed by atoms with Gasteiger partial charge >= 0.3 is 0 Å². The molecule has 9 aromatic carbocycles. The second-order valence-electron chi connectivity index (χ2n) is 12.3. The molecule has 0 bridgehead atoms. The Kier molecular flexibility index (Phi) is 4.85. The summed E-state index contributed by atoms with van der Waals surface area (Å²) >= 11 is 0. The Bertz CT molecular complexity index is 3200. The molecule has 0 spiro atoms. The highest BCUT2D eigenvalue weighted by Crippen LogP contribution is 2.47. The maximum Gasteiger partial charge on any atom is 0.136 e. The molecule has 0 atom stereocenters. The van der Waals surface area contributed by atoms with E-state index in [1.165, 1.54) is 0 Å². The number of furan rings is 1. The van der Waals surface area contributed by atoms with Gasteiger partial charge in [0.2, 0.25) is 0 Å². The first-order valence-corrected chi connectivity index (χ1v) is 16.3. The average molecular weight is 630 g/mol. The van der Waals surface area contributed by atoms with Gasteiger partial charge in [0.1, 0.15) is 11.2 Å². The lowest BCUT2D eigenvalue weighted by Gasteiger charge is -2.18. The van der Waals surface area contributed by atoms with Crippen molar-refractivity contribution in [2.45, 2.75) is 0 Å². The minimum atomic E-state index is -0.482. The fourth-order valence-electron chi connectivity index (χ4n) is 7.30. The molecule has 0 saturated carbocycles. The maximum atomic E-state index is 9.05. The van der Waals surface area contributed by atoms with Crippen LogP contribution >= 0.6 is 0 Å². The molecule has 0 saturated heterocycles. The van der Waals surface area contributed by atoms with E-state index >= 15 is 0 Å². The normalized spacial score (nSPS) is 13.7. The molecule has 0 radical (unpaired) electrons. The van der Waals surface area contributed by atoms with Gasteiger partial charge in [0.25, 0.3) is 0 Å². The zero-order valence-electron chi connectivity index (χ0n) is 33.2. The predicted molar refractivity (Wildman–Crippen MR) is 208 cm³/mol. The highest BCUT2D eigenvalue weighted by Gasteiger charge is 2.20. The van der Waals surface area contributed by atoms with Crippen LogP contribution in [0.1, 0.15) is 9.60 Å². The van der Waals surface area contributed by atoms with Gasteiger partial charge in [0.15, 0.2) is 0 Å². The SMILES string of the molecule is [2H]c1c([2H])c([2H])c2c([2H])c(-c3ccc(-c4c5ccccc5c(-c5cccc6oc7ccc(-c8ccccc8)cc7c56)c5ccccc45)cc3)c([2H])c([2H])c2c1[2H]. The van der Waals surface area contributed by atoms with E-state index in [9.17, 15) is 0 Å². The molecule has 228 valence electrons. The summed E-state index contributed by atoms with van der Waals surface area (Å²) in [6, 6.07) is 44.9. The fourth-order valence-corrected chi connectivity index (χ4v) is 7.30. The zero-order valence-corrected chi connectivity index (χ0v) is 26.2. The number of fused-ring (bicyclic) bond motifs is 6. The van der Waals surface area contributed by atoms with Gasteiger partial charge in [0.05, 0.1) is 9.60 Å². The van der Waals surface area contributed by atoms with Crippen molar-refractivity contribution >= 4 is 54.3 Å². The summed E-state index contributed by atoms with van der Waals surface area (Å²) in [5.74, 6) is 0. The highest BCUT2D eigenvalue weighted by molar-refractivity contribution is 6.25. The smallest absolute Gasteiger partial charge is 0.136 e. The van der Waals surface area contributed by atoms with Crippen LogP contribution in [-0.2, 0) is 0 Å². The Hall–Kier alpha value is -6.44. The van der Waals surface area contributed by atoms with Crippen molar-refractivity contribution in [2.75, 3.05) is 0 Å². The van der Waals surface area contributed by atoms with Crippen LogP contribution in [0.25, 0.3) is 98.8 Å². The van der Waals surface area contributed by atoms with E-state index in [4.69, 9.17) is 14.0 Å². The van der Waals surface area contributed by atoms with Crippen LogP contribution in [-0.4, -0.2) is 0 Å². The van der Waals surface area contributed by atoms with Gasteiger partial charge in [-0.2, -0.15) is 0 Å². The topological polar surface area (TPSA) is 13.1 Å². The fraction of sp³-hybridized carbons (Fsp3) is 0. The summed E-state index contributed by atoms with van der Waals surface area (Å²) in [4.78, 5) is 0. The lowest BCUT2D eigenvalue weighted by atomic mass is 9.84. The molecule has 10 rings (SSSR count). The van der Waals surface area contributed by atoms with Crippen LogP contribution < -0.4 is 0 Å². The van der Waals surface area contributed by atoms with Gasteiger partial charge in [-0.15, -0.1) is 0 Å². The molecule has 0 aliphatic carbocycles. The quantitative estimate of drug-likeness (QED) is 0.177. The molecular formula is C48H30O. The lowest BCUT2D eigenvalue weighted by Crippen LogP contribution is -1.91. The van der Waals surface area contributed by atoms with E-state index < -0.39 is 18.1 Å². The third-order valence-corrected chi connectivity index (χ3v) is 9.52. The zero-order chi connectivity index (χ0) is 38.4. The first-order valence-electron chi connectivity index (χ1n) is 19.8. The molecule has 0 aliphatic heterocycles. The van der Waals surface area contributed by atoms with Gasteiger partial charge < -0.3 is 4.42 Å². The molecule has 0 fully saturated rings.